The molecule has 6 rings (SSSR count). The predicted octanol–water partition coefficient (Wildman–Crippen LogP) is 4.00. The molecule has 1 spiro atoms. The molecule has 0 bridgehead atoms. The molecule has 0 amide bonds. The van der Waals surface area contributed by atoms with Crippen molar-refractivity contribution in [3.8, 4) is 11.3 Å². The quantitative estimate of drug-likeness (QED) is 0.572. The van der Waals surface area contributed by atoms with Crippen molar-refractivity contribution in [3.63, 3.8) is 0 Å². The van der Waals surface area contributed by atoms with Gasteiger partial charge in [-0.1, -0.05) is 13.3 Å². The highest BCUT2D eigenvalue weighted by Crippen LogP contribution is 2.41. The number of alkyl halides is 1. The smallest absolute Gasteiger partial charge is 0.229 e. The molecule has 0 saturated carbocycles. The van der Waals surface area contributed by atoms with Gasteiger partial charge < -0.3 is 10.2 Å². The third kappa shape index (κ3) is 4.13. The summed E-state index contributed by atoms with van der Waals surface area (Å²) >= 11 is 0. The van der Waals surface area contributed by atoms with Crippen molar-refractivity contribution in [2.24, 2.45) is 5.41 Å². The Morgan fingerprint density at radius 2 is 1.94 bits per heavy atom. The van der Waals surface area contributed by atoms with Crippen LogP contribution in [0.3, 0.4) is 0 Å². The zero-order valence-electron chi connectivity index (χ0n) is 19.9. The fourth-order valence-corrected chi connectivity index (χ4v) is 5.83. The zero-order chi connectivity index (χ0) is 24.0. The van der Waals surface area contributed by atoms with Gasteiger partial charge in [-0.15, -0.1) is 0 Å². The maximum absolute atomic E-state index is 14.8. The van der Waals surface area contributed by atoms with E-state index in [9.17, 15) is 8.78 Å². The molecule has 0 radical (unpaired) electrons. The highest BCUT2D eigenvalue weighted by Gasteiger charge is 2.51. The Kier molecular flexibility index (Phi) is 5.63. The average Bonchev–Trinajstić information content (AvgIpc) is 3.14. The van der Waals surface area contributed by atoms with Crippen LogP contribution in [-0.2, 0) is 6.54 Å². The second-order valence-corrected chi connectivity index (χ2v) is 10.2. The molecule has 35 heavy (non-hydrogen) atoms. The van der Waals surface area contributed by atoms with Crippen LogP contribution in [0.4, 0.5) is 26.2 Å². The molecule has 3 aromatic rings. The highest BCUT2D eigenvalue weighted by atomic mass is 19.1. The van der Waals surface area contributed by atoms with Crippen LogP contribution in [0.5, 0.6) is 0 Å². The molecular formula is C25H30F2N8. The van der Waals surface area contributed by atoms with Gasteiger partial charge in [0.15, 0.2) is 5.82 Å². The van der Waals surface area contributed by atoms with Gasteiger partial charge in [-0.2, -0.15) is 5.10 Å². The molecule has 2 fully saturated rings. The largest absolute Gasteiger partial charge is 0.369 e. The first kappa shape index (κ1) is 22.3. The van der Waals surface area contributed by atoms with E-state index in [1.54, 1.807) is 6.20 Å². The van der Waals surface area contributed by atoms with Gasteiger partial charge in [0.1, 0.15) is 18.2 Å². The maximum atomic E-state index is 14.8. The minimum absolute atomic E-state index is 0.266. The van der Waals surface area contributed by atoms with Crippen molar-refractivity contribution >= 4 is 17.5 Å². The number of hydrogen-bond donors (Lipinski definition) is 1. The van der Waals surface area contributed by atoms with E-state index in [0.29, 0.717) is 29.6 Å². The van der Waals surface area contributed by atoms with E-state index >= 15 is 0 Å². The van der Waals surface area contributed by atoms with Crippen LogP contribution in [0.2, 0.25) is 0 Å². The number of fused-ring (bicyclic) bond motifs is 1. The van der Waals surface area contributed by atoms with Crippen LogP contribution < -0.4 is 10.2 Å². The van der Waals surface area contributed by atoms with Gasteiger partial charge in [0, 0.05) is 50.2 Å². The highest BCUT2D eigenvalue weighted by molar-refractivity contribution is 5.65. The van der Waals surface area contributed by atoms with Gasteiger partial charge in [0.25, 0.3) is 0 Å². The summed E-state index contributed by atoms with van der Waals surface area (Å²) < 4.78 is 29.3. The Morgan fingerprint density at radius 3 is 2.71 bits per heavy atom. The lowest BCUT2D eigenvalue weighted by atomic mass is 9.72. The molecule has 3 aliphatic heterocycles. The molecule has 2 saturated heterocycles. The van der Waals surface area contributed by atoms with Gasteiger partial charge >= 0.3 is 0 Å². The Hall–Kier alpha value is -3.14. The molecule has 3 aliphatic rings. The number of nitrogens with one attached hydrogen (secondary N) is 1. The van der Waals surface area contributed by atoms with Gasteiger partial charge in [0.05, 0.1) is 30.0 Å². The molecule has 10 heteroatoms. The molecule has 0 aliphatic carbocycles. The van der Waals surface area contributed by atoms with Crippen LogP contribution >= 0.6 is 0 Å². The molecule has 8 nitrogen and oxygen atoms in total. The number of pyridine rings is 1. The third-order valence-corrected chi connectivity index (χ3v) is 7.53. The first-order chi connectivity index (χ1) is 17.0. The van der Waals surface area contributed by atoms with Crippen molar-refractivity contribution < 1.29 is 8.78 Å². The molecule has 0 aromatic carbocycles. The number of anilines is 3. The second kappa shape index (κ2) is 8.82. The van der Waals surface area contributed by atoms with Gasteiger partial charge in [-0.3, -0.25) is 9.58 Å². The number of halogens is 2. The van der Waals surface area contributed by atoms with Crippen LogP contribution in [0.25, 0.3) is 11.3 Å². The Labute approximate surface area is 203 Å². The van der Waals surface area contributed by atoms with Gasteiger partial charge in [-0.05, 0) is 30.9 Å². The minimum Gasteiger partial charge on any atom is -0.369 e. The molecule has 0 unspecified atom stereocenters. The molecule has 1 N–H and O–H groups in total. The zero-order valence-corrected chi connectivity index (χ0v) is 19.9. The van der Waals surface area contributed by atoms with Crippen molar-refractivity contribution in [2.75, 3.05) is 49.6 Å². The number of aromatic nitrogens is 5. The standard InChI is InChI=1S/C25H30F2N8/c1-17-4-2-3-8-35-23(17)19(11-30-35)22-20(27)12-29-24(32-22)31-21-6-5-18(10-28-21)34-15-25(16-34)13-33(14-25)9-7-26/h5-6,10-12,17H,2-4,7-9,13-16H2,1H3,(H,28,29,31,32)/t17-/m1/s1. The molecule has 184 valence electrons. The van der Waals surface area contributed by atoms with Gasteiger partial charge in [0.2, 0.25) is 5.95 Å². The van der Waals surface area contributed by atoms with Crippen LogP contribution in [0.1, 0.15) is 37.8 Å². The summed E-state index contributed by atoms with van der Waals surface area (Å²) in [6.07, 6.45) is 8.03. The van der Waals surface area contributed by atoms with Crippen LogP contribution in [0.15, 0.2) is 30.7 Å². The fourth-order valence-electron chi connectivity index (χ4n) is 5.83. The average molecular weight is 481 g/mol. The van der Waals surface area contributed by atoms with Crippen molar-refractivity contribution in [1.82, 2.24) is 29.6 Å². The van der Waals surface area contributed by atoms with Crippen molar-refractivity contribution in [3.05, 3.63) is 42.2 Å². The van der Waals surface area contributed by atoms with Crippen molar-refractivity contribution in [1.29, 1.82) is 0 Å². The maximum Gasteiger partial charge on any atom is 0.229 e. The molecular weight excluding hydrogens is 450 g/mol. The monoisotopic (exact) mass is 480 g/mol. The molecule has 6 heterocycles. The lowest BCUT2D eigenvalue weighted by Gasteiger charge is -2.61. The number of nitrogens with zero attached hydrogens (tertiary/aromatic N) is 7. The number of rotatable bonds is 6. The Bertz CT molecular complexity index is 1200. The number of likely N-dealkylation sites (tertiary alicyclic amines) is 1. The Morgan fingerprint density at radius 1 is 1.09 bits per heavy atom. The summed E-state index contributed by atoms with van der Waals surface area (Å²) in [6, 6.07) is 3.90. The topological polar surface area (TPSA) is 75.0 Å². The summed E-state index contributed by atoms with van der Waals surface area (Å²) in [5.41, 5.74) is 3.41. The number of aryl methyl sites for hydroxylation is 1. The predicted molar refractivity (Wildman–Crippen MR) is 130 cm³/mol. The van der Waals surface area contributed by atoms with E-state index in [1.807, 2.05) is 23.0 Å². The summed E-state index contributed by atoms with van der Waals surface area (Å²) in [7, 11) is 0. The molecule has 3 aromatic heterocycles. The second-order valence-electron chi connectivity index (χ2n) is 10.2. The third-order valence-electron chi connectivity index (χ3n) is 7.53. The first-order valence-electron chi connectivity index (χ1n) is 12.4. The summed E-state index contributed by atoms with van der Waals surface area (Å²) in [6.45, 7) is 7.18. The Balaban J connectivity index is 1.14. The minimum atomic E-state index is -0.459. The first-order valence-corrected chi connectivity index (χ1v) is 12.4. The van der Waals surface area contributed by atoms with E-state index in [1.165, 1.54) is 6.20 Å². The van der Waals surface area contributed by atoms with Crippen LogP contribution in [0, 0.1) is 11.2 Å². The molecule has 1 atom stereocenters. The van der Waals surface area contributed by atoms with E-state index in [4.69, 9.17) is 0 Å². The van der Waals surface area contributed by atoms with E-state index in [2.05, 4.69) is 42.1 Å². The number of hydrogen-bond acceptors (Lipinski definition) is 7. The van der Waals surface area contributed by atoms with E-state index < -0.39 is 5.82 Å². The van der Waals surface area contributed by atoms with E-state index in [0.717, 1.165) is 68.9 Å². The summed E-state index contributed by atoms with van der Waals surface area (Å²) in [5, 5.41) is 7.61. The lowest BCUT2D eigenvalue weighted by Crippen LogP contribution is -2.72. The fraction of sp³-hybridized carbons (Fsp3) is 0.520. The lowest BCUT2D eigenvalue weighted by molar-refractivity contribution is -0.0241. The van der Waals surface area contributed by atoms with Gasteiger partial charge in [-0.25, -0.2) is 23.7 Å². The van der Waals surface area contributed by atoms with Crippen molar-refractivity contribution in [2.45, 2.75) is 38.6 Å². The van der Waals surface area contributed by atoms with Crippen LogP contribution in [-0.4, -0.2) is 69.0 Å². The summed E-state index contributed by atoms with van der Waals surface area (Å²) in [4.78, 5) is 17.6. The SMILES string of the molecule is C[C@@H]1CCCCn2ncc(-c3nc(Nc4ccc(N5CC6(CN(CCF)C6)C5)cn4)ncc3F)c21. The summed E-state index contributed by atoms with van der Waals surface area (Å²) in [5.74, 6) is 0.732. The normalized spacial score (nSPS) is 21.2. The van der Waals surface area contributed by atoms with E-state index in [-0.39, 0.29) is 12.4 Å².